The van der Waals surface area contributed by atoms with Crippen LogP contribution in [0, 0.1) is 0 Å². The van der Waals surface area contributed by atoms with E-state index in [1.807, 2.05) is 68.0 Å². The third-order valence-electron chi connectivity index (χ3n) is 4.96. The van der Waals surface area contributed by atoms with Crippen LogP contribution in [0.4, 0.5) is 0 Å². The van der Waals surface area contributed by atoms with Gasteiger partial charge in [-0.15, -0.1) is 0 Å². The zero-order valence-electron chi connectivity index (χ0n) is 16.7. The molecule has 7 heteroatoms. The Hall–Kier alpha value is -3.48. The molecule has 1 atom stereocenters. The van der Waals surface area contributed by atoms with Gasteiger partial charge in [-0.25, -0.2) is 4.98 Å². The van der Waals surface area contributed by atoms with Gasteiger partial charge in [0.2, 0.25) is 0 Å². The number of nitrogens with zero attached hydrogens (tertiary/aromatic N) is 4. The lowest BCUT2D eigenvalue weighted by Crippen LogP contribution is -2.32. The van der Waals surface area contributed by atoms with Gasteiger partial charge < -0.3 is 9.84 Å². The summed E-state index contributed by atoms with van der Waals surface area (Å²) in [6.45, 7) is 6.78. The smallest absolute Gasteiger partial charge is 0.259 e. The lowest BCUT2D eigenvalue weighted by molar-refractivity contribution is 0.0941. The predicted molar refractivity (Wildman–Crippen MR) is 111 cm³/mol. The van der Waals surface area contributed by atoms with E-state index in [9.17, 15) is 4.79 Å². The molecule has 1 amide bonds. The van der Waals surface area contributed by atoms with Crippen LogP contribution in [0.5, 0.6) is 0 Å². The molecule has 0 spiro atoms. The number of carbonyl (C=O) groups is 1. The lowest BCUT2D eigenvalue weighted by atomic mass is 10.0. The van der Waals surface area contributed by atoms with Gasteiger partial charge in [0.25, 0.3) is 11.6 Å². The van der Waals surface area contributed by atoms with E-state index in [4.69, 9.17) is 4.52 Å². The highest BCUT2D eigenvalue weighted by Gasteiger charge is 2.23. The molecular weight excluding hydrogens is 366 g/mol. The summed E-state index contributed by atoms with van der Waals surface area (Å²) in [4.78, 5) is 17.7. The van der Waals surface area contributed by atoms with Crippen molar-refractivity contribution in [3.8, 4) is 22.6 Å². The highest BCUT2D eigenvalue weighted by atomic mass is 16.5. The van der Waals surface area contributed by atoms with Crippen LogP contribution >= 0.6 is 0 Å². The number of amides is 1. The Bertz CT molecular complexity index is 1150. The first-order valence-corrected chi connectivity index (χ1v) is 9.81. The normalized spacial score (nSPS) is 12.2. The second kappa shape index (κ2) is 7.87. The number of hydrogen-bond acceptors (Lipinski definition) is 5. The van der Waals surface area contributed by atoms with E-state index in [2.05, 4.69) is 20.6 Å². The molecule has 0 fully saturated rings. The molecule has 0 aliphatic heterocycles. The average Bonchev–Trinajstić information content (AvgIpc) is 3.40. The summed E-state index contributed by atoms with van der Waals surface area (Å²) >= 11 is 0. The third-order valence-corrected chi connectivity index (χ3v) is 4.96. The molecule has 4 rings (SSSR count). The molecule has 1 unspecified atom stereocenters. The third kappa shape index (κ3) is 3.63. The van der Waals surface area contributed by atoms with Crippen molar-refractivity contribution in [1.82, 2.24) is 25.2 Å². The van der Waals surface area contributed by atoms with Gasteiger partial charge >= 0.3 is 0 Å². The van der Waals surface area contributed by atoms with Crippen LogP contribution in [-0.2, 0) is 6.54 Å². The van der Waals surface area contributed by atoms with Crippen LogP contribution < -0.4 is 5.32 Å². The topological polar surface area (TPSA) is 85.8 Å². The van der Waals surface area contributed by atoms with Crippen LogP contribution in [-0.4, -0.2) is 31.9 Å². The number of fused-ring (bicyclic) bond motifs is 1. The van der Waals surface area contributed by atoms with Gasteiger partial charge in [-0.3, -0.25) is 9.48 Å². The molecule has 1 N–H and O–H groups in total. The maximum Gasteiger partial charge on any atom is 0.259 e. The Kier molecular flexibility index (Phi) is 5.12. The fraction of sp³-hybridized carbons (Fsp3) is 0.273. The van der Waals surface area contributed by atoms with Crippen molar-refractivity contribution in [2.45, 2.75) is 39.8 Å². The first kappa shape index (κ1) is 18.9. The highest BCUT2D eigenvalue weighted by Crippen LogP contribution is 2.32. The second-order valence-electron chi connectivity index (χ2n) is 6.97. The predicted octanol–water partition coefficient (Wildman–Crippen LogP) is 4.30. The largest absolute Gasteiger partial charge is 0.350 e. The zero-order valence-corrected chi connectivity index (χ0v) is 16.7. The number of hydrogen-bond donors (Lipinski definition) is 1. The molecule has 29 heavy (non-hydrogen) atoms. The van der Waals surface area contributed by atoms with Crippen molar-refractivity contribution in [2.24, 2.45) is 0 Å². The Labute approximate surface area is 168 Å². The number of aromatic nitrogens is 4. The monoisotopic (exact) mass is 389 g/mol. The maximum absolute atomic E-state index is 13.1. The standard InChI is InChI=1S/C22H23N5O2/c1-4-14(3)23-21(28)16-13-18(17-11-12-27(5-2)25-17)24-22-19(16)20(26-29-22)15-9-7-6-8-10-15/h6-14H,4-5H2,1-3H3,(H,23,28). The van der Waals surface area contributed by atoms with Gasteiger partial charge in [-0.05, 0) is 32.4 Å². The molecule has 148 valence electrons. The number of pyridine rings is 1. The van der Waals surface area contributed by atoms with Gasteiger partial charge in [0, 0.05) is 24.3 Å². The molecule has 0 saturated heterocycles. The van der Waals surface area contributed by atoms with E-state index in [0.29, 0.717) is 33.7 Å². The van der Waals surface area contributed by atoms with E-state index in [0.717, 1.165) is 18.5 Å². The summed E-state index contributed by atoms with van der Waals surface area (Å²) in [6.07, 6.45) is 2.72. The van der Waals surface area contributed by atoms with E-state index in [1.54, 1.807) is 6.07 Å². The Morgan fingerprint density at radius 2 is 1.97 bits per heavy atom. The molecular formula is C22H23N5O2. The fourth-order valence-electron chi connectivity index (χ4n) is 3.13. The van der Waals surface area contributed by atoms with Gasteiger partial charge in [-0.2, -0.15) is 5.10 Å². The minimum Gasteiger partial charge on any atom is -0.350 e. The van der Waals surface area contributed by atoms with Crippen LogP contribution in [0.1, 0.15) is 37.6 Å². The number of nitrogens with one attached hydrogen (secondary N) is 1. The first-order chi connectivity index (χ1) is 14.1. The summed E-state index contributed by atoms with van der Waals surface area (Å²) in [6, 6.07) is 13.3. The van der Waals surface area contributed by atoms with Crippen molar-refractivity contribution in [3.63, 3.8) is 0 Å². The molecule has 4 aromatic rings. The Balaban J connectivity index is 1.90. The van der Waals surface area contributed by atoms with Crippen molar-refractivity contribution in [1.29, 1.82) is 0 Å². The van der Waals surface area contributed by atoms with Crippen molar-refractivity contribution >= 4 is 17.0 Å². The minimum absolute atomic E-state index is 0.0495. The van der Waals surface area contributed by atoms with Crippen molar-refractivity contribution < 1.29 is 9.32 Å². The van der Waals surface area contributed by atoms with E-state index >= 15 is 0 Å². The molecule has 1 aromatic carbocycles. The van der Waals surface area contributed by atoms with Crippen LogP contribution in [0.2, 0.25) is 0 Å². The SMILES string of the molecule is CCC(C)NC(=O)c1cc(-c2ccn(CC)n2)nc2onc(-c3ccccc3)c12. The molecule has 3 heterocycles. The summed E-state index contributed by atoms with van der Waals surface area (Å²) in [5.41, 5.74) is 3.54. The molecule has 0 radical (unpaired) electrons. The number of benzene rings is 1. The maximum atomic E-state index is 13.1. The number of aryl methyl sites for hydroxylation is 1. The quantitative estimate of drug-likeness (QED) is 0.531. The molecule has 7 nitrogen and oxygen atoms in total. The highest BCUT2D eigenvalue weighted by molar-refractivity contribution is 6.10. The summed E-state index contributed by atoms with van der Waals surface area (Å²) < 4.78 is 7.36. The fourth-order valence-corrected chi connectivity index (χ4v) is 3.13. The van der Waals surface area contributed by atoms with Gasteiger partial charge in [0.15, 0.2) is 0 Å². The molecule has 0 saturated carbocycles. The summed E-state index contributed by atoms with van der Waals surface area (Å²) in [7, 11) is 0. The zero-order chi connectivity index (χ0) is 20.4. The van der Waals surface area contributed by atoms with Crippen LogP contribution in [0.25, 0.3) is 33.7 Å². The van der Waals surface area contributed by atoms with Crippen LogP contribution in [0.3, 0.4) is 0 Å². The van der Waals surface area contributed by atoms with E-state index < -0.39 is 0 Å². The van der Waals surface area contributed by atoms with Gasteiger partial charge in [-0.1, -0.05) is 42.4 Å². The van der Waals surface area contributed by atoms with Gasteiger partial charge in [0.1, 0.15) is 11.4 Å². The van der Waals surface area contributed by atoms with E-state index in [1.165, 1.54) is 0 Å². The number of carbonyl (C=O) groups excluding carboxylic acids is 1. The van der Waals surface area contributed by atoms with Crippen LogP contribution in [0.15, 0.2) is 53.2 Å². The molecule has 0 bridgehead atoms. The van der Waals surface area contributed by atoms with Crippen molar-refractivity contribution in [2.75, 3.05) is 0 Å². The van der Waals surface area contributed by atoms with Crippen molar-refractivity contribution in [3.05, 3.63) is 54.2 Å². The molecule has 0 aliphatic rings. The molecule has 0 aliphatic carbocycles. The Morgan fingerprint density at radius 1 is 1.17 bits per heavy atom. The second-order valence-corrected chi connectivity index (χ2v) is 6.97. The number of rotatable bonds is 6. The van der Waals surface area contributed by atoms with Gasteiger partial charge in [0.05, 0.1) is 16.6 Å². The Morgan fingerprint density at radius 3 is 2.66 bits per heavy atom. The average molecular weight is 389 g/mol. The minimum atomic E-state index is -0.177. The first-order valence-electron chi connectivity index (χ1n) is 9.81. The lowest BCUT2D eigenvalue weighted by Gasteiger charge is -2.12. The molecule has 3 aromatic heterocycles. The summed E-state index contributed by atoms with van der Waals surface area (Å²) in [5, 5.41) is 12.4. The van der Waals surface area contributed by atoms with E-state index in [-0.39, 0.29) is 11.9 Å². The summed E-state index contributed by atoms with van der Waals surface area (Å²) in [5.74, 6) is -0.177.